The first kappa shape index (κ1) is 24.7. The number of carbonyl (C=O) groups excluding carboxylic acids is 2. The van der Waals surface area contributed by atoms with E-state index in [0.29, 0.717) is 22.7 Å². The predicted molar refractivity (Wildman–Crippen MR) is 145 cm³/mol. The Labute approximate surface area is 223 Å². The van der Waals surface area contributed by atoms with Crippen molar-refractivity contribution < 1.29 is 18.7 Å². The third-order valence-electron chi connectivity index (χ3n) is 7.46. The lowest BCUT2D eigenvalue weighted by atomic mass is 9.83. The van der Waals surface area contributed by atoms with E-state index in [9.17, 15) is 14.4 Å². The third kappa shape index (κ3) is 4.73. The number of methoxy groups -OCH3 is 1. The zero-order valence-electron chi connectivity index (χ0n) is 21.5. The molecule has 1 atom stereocenters. The Morgan fingerprint density at radius 3 is 2.72 bits per heavy atom. The van der Waals surface area contributed by atoms with Gasteiger partial charge in [0.1, 0.15) is 17.4 Å². The number of aromatic nitrogens is 4. The van der Waals surface area contributed by atoms with Crippen molar-refractivity contribution in [3.8, 4) is 11.5 Å². The Bertz CT molecular complexity index is 1670. The SMILES string of the molecule is COC(=O)[C@H](Cc1cc2ccccc2[nH]1)NC(=O)c1cc2nc(-c3ccco3)c(C3CCCCC3)c(=O)n2[nH]1. The molecule has 1 fully saturated rings. The Kier molecular flexibility index (Phi) is 6.52. The molecule has 0 bridgehead atoms. The molecule has 1 saturated carbocycles. The van der Waals surface area contributed by atoms with Crippen LogP contribution in [-0.2, 0) is 16.0 Å². The average Bonchev–Trinajstić information content (AvgIpc) is 3.72. The number of esters is 1. The van der Waals surface area contributed by atoms with Crippen molar-refractivity contribution in [3.63, 3.8) is 0 Å². The first-order valence-electron chi connectivity index (χ1n) is 13.2. The second-order valence-electron chi connectivity index (χ2n) is 9.99. The van der Waals surface area contributed by atoms with Gasteiger partial charge in [-0.05, 0) is 48.4 Å². The van der Waals surface area contributed by atoms with Crippen LogP contribution in [0.2, 0.25) is 0 Å². The molecule has 1 aromatic carbocycles. The van der Waals surface area contributed by atoms with Crippen molar-refractivity contribution in [2.24, 2.45) is 0 Å². The highest BCUT2D eigenvalue weighted by atomic mass is 16.5. The number of amides is 1. The van der Waals surface area contributed by atoms with Gasteiger partial charge in [-0.3, -0.25) is 14.7 Å². The van der Waals surface area contributed by atoms with E-state index < -0.39 is 17.9 Å². The van der Waals surface area contributed by atoms with Crippen LogP contribution in [0, 0.1) is 0 Å². The molecule has 5 aromatic rings. The number of hydrogen-bond acceptors (Lipinski definition) is 6. The van der Waals surface area contributed by atoms with Crippen LogP contribution in [0.3, 0.4) is 0 Å². The van der Waals surface area contributed by atoms with Gasteiger partial charge >= 0.3 is 5.97 Å². The number of para-hydroxylation sites is 1. The van der Waals surface area contributed by atoms with E-state index in [4.69, 9.17) is 14.1 Å². The highest BCUT2D eigenvalue weighted by Gasteiger charge is 2.28. The summed E-state index contributed by atoms with van der Waals surface area (Å²) in [5.74, 6) is -0.541. The van der Waals surface area contributed by atoms with Crippen LogP contribution in [0.25, 0.3) is 28.0 Å². The molecule has 4 aromatic heterocycles. The highest BCUT2D eigenvalue weighted by molar-refractivity contribution is 5.96. The number of fused-ring (bicyclic) bond motifs is 2. The number of hydrogen-bond donors (Lipinski definition) is 3. The number of carbonyl (C=O) groups is 2. The van der Waals surface area contributed by atoms with Gasteiger partial charge in [0.05, 0.1) is 18.9 Å². The molecule has 0 saturated heterocycles. The molecule has 10 nitrogen and oxygen atoms in total. The number of nitrogens with one attached hydrogen (secondary N) is 3. The van der Waals surface area contributed by atoms with Crippen LogP contribution >= 0.6 is 0 Å². The van der Waals surface area contributed by atoms with Gasteiger partial charge in [-0.25, -0.2) is 14.3 Å². The molecule has 39 heavy (non-hydrogen) atoms. The number of aromatic amines is 2. The summed E-state index contributed by atoms with van der Waals surface area (Å²) in [4.78, 5) is 47.6. The fourth-order valence-electron chi connectivity index (χ4n) is 5.55. The zero-order chi connectivity index (χ0) is 26.9. The van der Waals surface area contributed by atoms with Gasteiger partial charge in [-0.15, -0.1) is 0 Å². The summed E-state index contributed by atoms with van der Waals surface area (Å²) < 4.78 is 11.9. The number of H-pyrrole nitrogens is 2. The molecular formula is C29H29N5O5. The van der Waals surface area contributed by atoms with Crippen molar-refractivity contribution in [2.75, 3.05) is 7.11 Å². The van der Waals surface area contributed by atoms with Crippen molar-refractivity contribution in [1.29, 1.82) is 0 Å². The van der Waals surface area contributed by atoms with Crippen molar-refractivity contribution in [2.45, 2.75) is 50.5 Å². The minimum atomic E-state index is -0.942. The molecule has 1 aliphatic rings. The summed E-state index contributed by atoms with van der Waals surface area (Å²) in [6.07, 6.45) is 6.82. The second kappa shape index (κ2) is 10.3. The van der Waals surface area contributed by atoms with Gasteiger partial charge in [0.2, 0.25) is 0 Å². The highest BCUT2D eigenvalue weighted by Crippen LogP contribution is 2.35. The molecular weight excluding hydrogens is 498 g/mol. The fraction of sp³-hybridized carbons (Fsp3) is 0.310. The summed E-state index contributed by atoms with van der Waals surface area (Å²) in [5.41, 5.74) is 2.97. The average molecular weight is 528 g/mol. The zero-order valence-corrected chi connectivity index (χ0v) is 21.5. The molecule has 0 radical (unpaired) electrons. The number of ether oxygens (including phenoxy) is 1. The van der Waals surface area contributed by atoms with Gasteiger partial charge < -0.3 is 19.5 Å². The minimum absolute atomic E-state index is 0.0661. The second-order valence-corrected chi connectivity index (χ2v) is 9.99. The summed E-state index contributed by atoms with van der Waals surface area (Å²) in [7, 11) is 1.28. The lowest BCUT2D eigenvalue weighted by Crippen LogP contribution is -2.43. The van der Waals surface area contributed by atoms with E-state index in [2.05, 4.69) is 15.4 Å². The summed E-state index contributed by atoms with van der Waals surface area (Å²) in [6, 6.07) is 13.8. The normalized spacial score (nSPS) is 15.0. The summed E-state index contributed by atoms with van der Waals surface area (Å²) >= 11 is 0. The third-order valence-corrected chi connectivity index (χ3v) is 7.46. The monoisotopic (exact) mass is 527 g/mol. The van der Waals surface area contributed by atoms with E-state index in [1.54, 1.807) is 18.4 Å². The first-order valence-corrected chi connectivity index (χ1v) is 13.2. The van der Waals surface area contributed by atoms with Crippen LogP contribution in [0.15, 0.2) is 64.0 Å². The Balaban J connectivity index is 1.33. The molecule has 0 aliphatic heterocycles. The smallest absolute Gasteiger partial charge is 0.328 e. The standard InChI is InChI=1S/C29H29N5O5/c1-38-29(37)22(15-19-14-18-10-5-6-11-20(18)30-19)31-27(35)21-16-24-32-26(23-12-7-13-39-23)25(28(36)34(24)33-21)17-8-3-2-4-9-17/h5-7,10-14,16-17,22,30,33H,2-4,8-9,15H2,1H3,(H,31,35)/t22-/m0/s1. The van der Waals surface area contributed by atoms with Crippen LogP contribution in [0.4, 0.5) is 0 Å². The largest absolute Gasteiger partial charge is 0.467 e. The summed E-state index contributed by atoms with van der Waals surface area (Å²) in [5, 5.41) is 6.66. The van der Waals surface area contributed by atoms with Gasteiger partial charge in [-0.2, -0.15) is 0 Å². The molecule has 0 spiro atoms. The van der Waals surface area contributed by atoms with E-state index in [-0.39, 0.29) is 23.6 Å². The van der Waals surface area contributed by atoms with Gasteiger partial charge in [0.15, 0.2) is 11.4 Å². The quantitative estimate of drug-likeness (QED) is 0.270. The van der Waals surface area contributed by atoms with Crippen LogP contribution in [0.1, 0.15) is 59.8 Å². The number of benzene rings is 1. The van der Waals surface area contributed by atoms with Crippen molar-refractivity contribution in [1.82, 2.24) is 24.9 Å². The van der Waals surface area contributed by atoms with E-state index in [1.807, 2.05) is 30.3 Å². The van der Waals surface area contributed by atoms with Crippen LogP contribution in [-0.4, -0.2) is 44.6 Å². The number of rotatable bonds is 7. The minimum Gasteiger partial charge on any atom is -0.467 e. The fourth-order valence-corrected chi connectivity index (χ4v) is 5.55. The van der Waals surface area contributed by atoms with E-state index in [0.717, 1.165) is 48.7 Å². The van der Waals surface area contributed by atoms with Crippen LogP contribution < -0.4 is 10.9 Å². The molecule has 6 rings (SSSR count). The van der Waals surface area contributed by atoms with Gasteiger partial charge in [0, 0.05) is 23.7 Å². The maximum Gasteiger partial charge on any atom is 0.328 e. The number of furan rings is 1. The van der Waals surface area contributed by atoms with E-state index in [1.165, 1.54) is 17.7 Å². The molecule has 1 amide bonds. The Morgan fingerprint density at radius 2 is 1.97 bits per heavy atom. The molecule has 4 heterocycles. The molecule has 10 heteroatoms. The maximum absolute atomic E-state index is 13.7. The van der Waals surface area contributed by atoms with Gasteiger partial charge in [-0.1, -0.05) is 37.5 Å². The molecule has 3 N–H and O–H groups in total. The van der Waals surface area contributed by atoms with Crippen LogP contribution in [0.5, 0.6) is 0 Å². The lowest BCUT2D eigenvalue weighted by Gasteiger charge is -2.22. The maximum atomic E-state index is 13.7. The van der Waals surface area contributed by atoms with Crippen molar-refractivity contribution in [3.05, 3.63) is 82.1 Å². The molecule has 1 aliphatic carbocycles. The predicted octanol–water partition coefficient (Wildman–Crippen LogP) is 4.33. The summed E-state index contributed by atoms with van der Waals surface area (Å²) in [6.45, 7) is 0. The molecule has 200 valence electrons. The number of nitrogens with zero attached hydrogens (tertiary/aromatic N) is 2. The van der Waals surface area contributed by atoms with E-state index >= 15 is 0 Å². The Morgan fingerprint density at radius 1 is 1.15 bits per heavy atom. The topological polar surface area (TPSA) is 134 Å². The molecule has 0 unspecified atom stereocenters. The first-order chi connectivity index (χ1) is 19.0. The Hall–Kier alpha value is -4.60. The van der Waals surface area contributed by atoms with Gasteiger partial charge in [0.25, 0.3) is 11.5 Å². The van der Waals surface area contributed by atoms with Crippen molar-refractivity contribution >= 4 is 28.4 Å². The lowest BCUT2D eigenvalue weighted by molar-refractivity contribution is -0.142.